The van der Waals surface area contributed by atoms with Gasteiger partial charge in [-0.1, -0.05) is 88.7 Å². The van der Waals surface area contributed by atoms with Crippen LogP contribution in [0.3, 0.4) is 0 Å². The number of hydrogen-bond acceptors (Lipinski definition) is 1. The first-order valence-electron chi connectivity index (χ1n) is 11.2. The Labute approximate surface area is 172 Å². The van der Waals surface area contributed by atoms with Crippen molar-refractivity contribution in [3.05, 3.63) is 71.3 Å². The zero-order valence-corrected chi connectivity index (χ0v) is 18.5. The van der Waals surface area contributed by atoms with Gasteiger partial charge in [0.15, 0.2) is 0 Å². The van der Waals surface area contributed by atoms with E-state index in [0.29, 0.717) is 17.3 Å². The Balaban J connectivity index is 1.90. The van der Waals surface area contributed by atoms with Crippen LogP contribution >= 0.6 is 0 Å². The molecule has 1 aliphatic carbocycles. The summed E-state index contributed by atoms with van der Waals surface area (Å²) in [6.45, 7) is 11.9. The molecule has 1 heteroatoms. The molecule has 2 aromatic rings. The van der Waals surface area contributed by atoms with Gasteiger partial charge < -0.3 is 5.73 Å². The maximum atomic E-state index is 6.65. The van der Waals surface area contributed by atoms with Crippen molar-refractivity contribution in [1.29, 1.82) is 0 Å². The van der Waals surface area contributed by atoms with Gasteiger partial charge in [-0.15, -0.1) is 0 Å². The first kappa shape index (κ1) is 21.1. The largest absolute Gasteiger partial charge is 0.322 e. The van der Waals surface area contributed by atoms with Gasteiger partial charge >= 0.3 is 0 Å². The van der Waals surface area contributed by atoms with Crippen molar-refractivity contribution in [2.24, 2.45) is 17.1 Å². The van der Waals surface area contributed by atoms with Gasteiger partial charge in [0.05, 0.1) is 0 Å². The summed E-state index contributed by atoms with van der Waals surface area (Å²) >= 11 is 0. The fourth-order valence-corrected chi connectivity index (χ4v) is 5.18. The van der Waals surface area contributed by atoms with Crippen molar-refractivity contribution in [3.63, 3.8) is 0 Å². The van der Waals surface area contributed by atoms with E-state index < -0.39 is 0 Å². The molecule has 0 spiro atoms. The molecule has 3 rings (SSSR count). The lowest BCUT2D eigenvalue weighted by Gasteiger charge is -2.40. The van der Waals surface area contributed by atoms with Crippen LogP contribution in [0.5, 0.6) is 0 Å². The molecule has 1 nitrogen and oxygen atoms in total. The second-order valence-corrected chi connectivity index (χ2v) is 10.1. The normalized spacial score (nSPS) is 24.4. The molecule has 0 heterocycles. The van der Waals surface area contributed by atoms with E-state index in [2.05, 4.69) is 89.2 Å². The van der Waals surface area contributed by atoms with Crippen LogP contribution in [0.25, 0.3) is 0 Å². The predicted octanol–water partition coefficient (Wildman–Crippen LogP) is 7.37. The summed E-state index contributed by atoms with van der Waals surface area (Å²) in [7, 11) is 0. The summed E-state index contributed by atoms with van der Waals surface area (Å²) in [5.41, 5.74) is 11.1. The van der Waals surface area contributed by atoms with E-state index in [1.807, 2.05) is 0 Å². The molecule has 0 saturated carbocycles. The first-order valence-corrected chi connectivity index (χ1v) is 11.2. The molecule has 0 aliphatic heterocycles. The molecule has 152 valence electrons. The monoisotopic (exact) mass is 377 g/mol. The van der Waals surface area contributed by atoms with E-state index in [9.17, 15) is 0 Å². The summed E-state index contributed by atoms with van der Waals surface area (Å²) < 4.78 is 0. The second kappa shape index (κ2) is 8.41. The maximum Gasteiger partial charge on any atom is 0.0384 e. The maximum absolute atomic E-state index is 6.65. The third-order valence-electron chi connectivity index (χ3n) is 7.59. The van der Waals surface area contributed by atoms with E-state index in [1.165, 1.54) is 42.4 Å². The Hall–Kier alpha value is -1.60. The Bertz CT molecular complexity index is 759. The highest BCUT2D eigenvalue weighted by Crippen LogP contribution is 2.47. The fourth-order valence-electron chi connectivity index (χ4n) is 5.18. The topological polar surface area (TPSA) is 26.0 Å². The molecule has 0 saturated heterocycles. The van der Waals surface area contributed by atoms with E-state index in [-0.39, 0.29) is 5.54 Å². The van der Waals surface area contributed by atoms with Crippen LogP contribution in [0.1, 0.15) is 95.2 Å². The Morgan fingerprint density at radius 1 is 1.07 bits per heavy atom. The first-order chi connectivity index (χ1) is 13.2. The Morgan fingerprint density at radius 2 is 1.71 bits per heavy atom. The average molecular weight is 378 g/mol. The lowest BCUT2D eigenvalue weighted by molar-refractivity contribution is 0.182. The molecule has 0 fully saturated rings. The van der Waals surface area contributed by atoms with Crippen LogP contribution in [0, 0.1) is 11.3 Å². The Morgan fingerprint density at radius 3 is 2.39 bits per heavy atom. The molecule has 4 atom stereocenters. The summed E-state index contributed by atoms with van der Waals surface area (Å²) in [6.07, 6.45) is 5.97. The zero-order valence-electron chi connectivity index (χ0n) is 18.5. The summed E-state index contributed by atoms with van der Waals surface area (Å²) in [5, 5.41) is 0. The third kappa shape index (κ3) is 4.51. The van der Waals surface area contributed by atoms with Gasteiger partial charge in [0, 0.05) is 5.54 Å². The summed E-state index contributed by atoms with van der Waals surface area (Å²) in [5.74, 6) is 1.92. The van der Waals surface area contributed by atoms with Gasteiger partial charge in [0.1, 0.15) is 0 Å². The van der Waals surface area contributed by atoms with Crippen LogP contribution in [0.4, 0.5) is 0 Å². The smallest absolute Gasteiger partial charge is 0.0384 e. The van der Waals surface area contributed by atoms with Crippen molar-refractivity contribution < 1.29 is 0 Å². The molecule has 1 aliphatic rings. The fraction of sp³-hybridized carbons (Fsp3) is 0.556. The zero-order chi connectivity index (χ0) is 20.4. The van der Waals surface area contributed by atoms with Crippen LogP contribution in [-0.2, 0) is 5.54 Å². The van der Waals surface area contributed by atoms with E-state index in [1.54, 1.807) is 0 Å². The number of nitrogens with two attached hydrogens (primary N) is 1. The second-order valence-electron chi connectivity index (χ2n) is 10.1. The van der Waals surface area contributed by atoms with E-state index in [4.69, 9.17) is 5.73 Å². The molecular formula is C27H39N. The third-order valence-corrected chi connectivity index (χ3v) is 7.59. The van der Waals surface area contributed by atoms with Gasteiger partial charge in [0.25, 0.3) is 0 Å². The van der Waals surface area contributed by atoms with Crippen LogP contribution < -0.4 is 5.73 Å². The van der Waals surface area contributed by atoms with Crippen molar-refractivity contribution >= 4 is 0 Å². The van der Waals surface area contributed by atoms with E-state index in [0.717, 1.165) is 12.3 Å². The number of hydrogen-bond donors (Lipinski definition) is 1. The molecule has 4 unspecified atom stereocenters. The molecule has 0 radical (unpaired) electrons. The van der Waals surface area contributed by atoms with Crippen LogP contribution in [0.2, 0.25) is 0 Å². The van der Waals surface area contributed by atoms with Crippen molar-refractivity contribution in [1.82, 2.24) is 0 Å². The summed E-state index contributed by atoms with van der Waals surface area (Å²) in [4.78, 5) is 0. The quantitative estimate of drug-likeness (QED) is 0.535. The van der Waals surface area contributed by atoms with Gasteiger partial charge in [-0.25, -0.2) is 0 Å². The molecule has 0 bridgehead atoms. The molecule has 28 heavy (non-hydrogen) atoms. The lowest BCUT2D eigenvalue weighted by Crippen LogP contribution is -2.38. The number of fused-ring (bicyclic) bond motifs is 1. The van der Waals surface area contributed by atoms with Crippen molar-refractivity contribution in [3.8, 4) is 0 Å². The average Bonchev–Trinajstić information content (AvgIpc) is 2.69. The highest BCUT2D eigenvalue weighted by Gasteiger charge is 2.36. The highest BCUT2D eigenvalue weighted by molar-refractivity contribution is 5.38. The van der Waals surface area contributed by atoms with Gasteiger partial charge in [-0.3, -0.25) is 0 Å². The van der Waals surface area contributed by atoms with Crippen LogP contribution in [0.15, 0.2) is 54.6 Å². The molecule has 2 aromatic carbocycles. The Kier molecular flexibility index (Phi) is 6.34. The SMILES string of the molecule is CCC(C)C(C)(C)CC(CC1CCC(C)(N)c2ccccc21)c1ccccc1. The van der Waals surface area contributed by atoms with Crippen LogP contribution in [-0.4, -0.2) is 0 Å². The van der Waals surface area contributed by atoms with Gasteiger partial charge in [-0.2, -0.15) is 0 Å². The van der Waals surface area contributed by atoms with E-state index >= 15 is 0 Å². The molecule has 0 aromatic heterocycles. The standard InChI is InChI=1S/C27H39N/c1-6-20(2)26(3,4)19-23(21-12-8-7-9-13-21)18-22-16-17-27(5,28)25-15-11-10-14-24(22)25/h7-15,20,22-23H,6,16-19,28H2,1-5H3. The van der Waals surface area contributed by atoms with Gasteiger partial charge in [0.2, 0.25) is 0 Å². The minimum atomic E-state index is -0.189. The lowest BCUT2D eigenvalue weighted by atomic mass is 9.66. The number of rotatable bonds is 7. The minimum Gasteiger partial charge on any atom is -0.322 e. The predicted molar refractivity (Wildman–Crippen MR) is 122 cm³/mol. The molecular weight excluding hydrogens is 338 g/mol. The van der Waals surface area contributed by atoms with Crippen molar-refractivity contribution in [2.45, 2.75) is 84.1 Å². The van der Waals surface area contributed by atoms with Gasteiger partial charge in [-0.05, 0) is 72.5 Å². The number of benzene rings is 2. The highest BCUT2D eigenvalue weighted by atomic mass is 14.7. The molecule has 2 N–H and O–H groups in total. The van der Waals surface area contributed by atoms with Crippen molar-refractivity contribution in [2.75, 3.05) is 0 Å². The molecule has 0 amide bonds. The summed E-state index contributed by atoms with van der Waals surface area (Å²) in [6, 6.07) is 20.1. The minimum absolute atomic E-state index is 0.189.